The molecule has 0 aliphatic heterocycles. The fraction of sp³-hybridized carbons (Fsp3) is 0.650. The van der Waals surface area contributed by atoms with Crippen molar-refractivity contribution in [3.63, 3.8) is 0 Å². The van der Waals surface area contributed by atoms with Gasteiger partial charge in [0, 0.05) is 19.1 Å². The molecule has 0 unspecified atom stereocenters. The summed E-state index contributed by atoms with van der Waals surface area (Å²) >= 11 is 0. The van der Waals surface area contributed by atoms with Crippen LogP contribution < -0.4 is 15.4 Å². The van der Waals surface area contributed by atoms with Crippen LogP contribution in [0.3, 0.4) is 0 Å². The molecular formula is C20H37IN4O2S. The Morgan fingerprint density at radius 2 is 1.64 bits per heavy atom. The third kappa shape index (κ3) is 10.6. The highest BCUT2D eigenvalue weighted by atomic mass is 127. The number of nitrogens with one attached hydrogen (secondary N) is 3. The van der Waals surface area contributed by atoms with Gasteiger partial charge in [-0.25, -0.2) is 18.1 Å². The van der Waals surface area contributed by atoms with Crippen LogP contribution >= 0.6 is 24.0 Å². The normalized spacial score (nSPS) is 12.2. The molecule has 6 nitrogen and oxygen atoms in total. The predicted molar refractivity (Wildman–Crippen MR) is 130 cm³/mol. The van der Waals surface area contributed by atoms with Gasteiger partial charge in [0.15, 0.2) is 5.96 Å². The largest absolute Gasteiger partial charge is 0.357 e. The van der Waals surface area contributed by atoms with Gasteiger partial charge in [0.2, 0.25) is 10.0 Å². The molecule has 1 rings (SSSR count). The molecule has 0 fully saturated rings. The van der Waals surface area contributed by atoms with Gasteiger partial charge in [-0.1, -0.05) is 51.0 Å². The number of guanidine groups is 1. The minimum atomic E-state index is -3.36. The smallest absolute Gasteiger partial charge is 0.216 e. The molecule has 0 spiro atoms. The average molecular weight is 525 g/mol. The van der Waals surface area contributed by atoms with Crippen molar-refractivity contribution in [2.45, 2.75) is 65.8 Å². The zero-order valence-corrected chi connectivity index (χ0v) is 20.9. The summed E-state index contributed by atoms with van der Waals surface area (Å²) < 4.78 is 27.2. The van der Waals surface area contributed by atoms with Crippen molar-refractivity contribution < 1.29 is 8.42 Å². The lowest BCUT2D eigenvalue weighted by Crippen LogP contribution is -2.39. The van der Waals surface area contributed by atoms with Gasteiger partial charge in [0.25, 0.3) is 0 Å². The summed E-state index contributed by atoms with van der Waals surface area (Å²) in [5.74, 6) is 1.35. The Bertz CT molecular complexity index is 689. The minimum absolute atomic E-state index is 0. The van der Waals surface area contributed by atoms with E-state index in [0.29, 0.717) is 12.5 Å². The summed E-state index contributed by atoms with van der Waals surface area (Å²) in [7, 11) is -3.36. The maximum Gasteiger partial charge on any atom is 0.216 e. The van der Waals surface area contributed by atoms with Gasteiger partial charge in [0.05, 0.1) is 12.3 Å². The summed E-state index contributed by atoms with van der Waals surface area (Å²) in [4.78, 5) is 4.66. The van der Waals surface area contributed by atoms with Crippen molar-refractivity contribution in [2.75, 3.05) is 13.1 Å². The topological polar surface area (TPSA) is 82.6 Å². The Morgan fingerprint density at radius 1 is 1.04 bits per heavy atom. The highest BCUT2D eigenvalue weighted by Crippen LogP contribution is 2.14. The number of rotatable bonds is 11. The van der Waals surface area contributed by atoms with Gasteiger partial charge in [-0.05, 0) is 37.8 Å². The Kier molecular flexibility index (Phi) is 13.7. The third-order valence-electron chi connectivity index (χ3n) is 4.34. The molecule has 0 bridgehead atoms. The van der Waals surface area contributed by atoms with E-state index in [4.69, 9.17) is 0 Å². The highest BCUT2D eigenvalue weighted by Gasteiger charge is 2.15. The number of halogens is 1. The van der Waals surface area contributed by atoms with Crippen LogP contribution in [0.15, 0.2) is 29.3 Å². The number of benzene rings is 1. The molecule has 162 valence electrons. The Labute approximate surface area is 188 Å². The molecule has 0 saturated heterocycles. The number of aliphatic imine (C=N–C) groups is 1. The Hall–Kier alpha value is -0.870. The van der Waals surface area contributed by atoms with E-state index < -0.39 is 10.0 Å². The van der Waals surface area contributed by atoms with E-state index in [-0.39, 0.29) is 35.8 Å². The molecule has 28 heavy (non-hydrogen) atoms. The highest BCUT2D eigenvalue weighted by molar-refractivity contribution is 14.0. The molecule has 0 aliphatic carbocycles. The van der Waals surface area contributed by atoms with Crippen LogP contribution in [0.25, 0.3) is 0 Å². The van der Waals surface area contributed by atoms with Gasteiger partial charge in [-0.2, -0.15) is 0 Å². The van der Waals surface area contributed by atoms with Crippen molar-refractivity contribution in [1.29, 1.82) is 0 Å². The lowest BCUT2D eigenvalue weighted by Gasteiger charge is -2.17. The minimum Gasteiger partial charge on any atom is -0.357 e. The molecule has 1 aromatic carbocycles. The van der Waals surface area contributed by atoms with E-state index in [9.17, 15) is 8.42 Å². The van der Waals surface area contributed by atoms with Crippen LogP contribution in [-0.4, -0.2) is 33.5 Å². The van der Waals surface area contributed by atoms with Gasteiger partial charge in [0.1, 0.15) is 0 Å². The van der Waals surface area contributed by atoms with Crippen molar-refractivity contribution in [2.24, 2.45) is 10.9 Å². The molecular weight excluding hydrogens is 487 g/mol. The van der Waals surface area contributed by atoms with Gasteiger partial charge < -0.3 is 10.6 Å². The van der Waals surface area contributed by atoms with Crippen LogP contribution in [-0.2, 0) is 22.3 Å². The number of nitrogens with zero attached hydrogens (tertiary/aromatic N) is 1. The lowest BCUT2D eigenvalue weighted by molar-refractivity contribution is 0.481. The molecule has 0 amide bonds. The average Bonchev–Trinajstić information content (AvgIpc) is 2.60. The van der Waals surface area contributed by atoms with Crippen molar-refractivity contribution >= 4 is 40.0 Å². The first-order valence-corrected chi connectivity index (χ1v) is 11.5. The maximum atomic E-state index is 12.3. The SMILES string of the molecule is CCNC(=NCc1ccccc1CS(=O)(=O)NC(C)C)NCC(CC)CC.I. The standard InChI is InChI=1S/C20H36N4O2S.HI/c1-6-17(7-2)13-22-20(21-8-3)23-14-18-11-9-10-12-19(18)15-27(25,26)24-16(4)5;/h9-12,16-17,24H,6-8,13-15H2,1-5H3,(H2,21,22,23);1H. The van der Waals surface area contributed by atoms with Gasteiger partial charge >= 0.3 is 0 Å². The molecule has 8 heteroatoms. The van der Waals surface area contributed by atoms with Crippen molar-refractivity contribution in [3.8, 4) is 0 Å². The van der Waals surface area contributed by atoms with Gasteiger partial charge in [-0.15, -0.1) is 24.0 Å². The third-order valence-corrected chi connectivity index (χ3v) is 5.87. The van der Waals surface area contributed by atoms with E-state index in [1.54, 1.807) is 0 Å². The van der Waals surface area contributed by atoms with Crippen molar-refractivity contribution in [3.05, 3.63) is 35.4 Å². The summed E-state index contributed by atoms with van der Waals surface area (Å²) in [5.41, 5.74) is 1.71. The molecule has 0 radical (unpaired) electrons. The van der Waals surface area contributed by atoms with Crippen molar-refractivity contribution in [1.82, 2.24) is 15.4 Å². The first-order chi connectivity index (χ1) is 12.8. The number of hydrogen-bond acceptors (Lipinski definition) is 3. The van der Waals surface area contributed by atoms with E-state index in [0.717, 1.165) is 43.0 Å². The fourth-order valence-electron chi connectivity index (χ4n) is 2.78. The Balaban J connectivity index is 0.00000729. The van der Waals surface area contributed by atoms with E-state index in [1.165, 1.54) is 0 Å². The second kappa shape index (κ2) is 14.2. The molecule has 3 N–H and O–H groups in total. The molecule has 0 aliphatic rings. The zero-order chi connectivity index (χ0) is 20.3. The molecule has 0 saturated carbocycles. The summed E-state index contributed by atoms with van der Waals surface area (Å²) in [5, 5.41) is 6.65. The monoisotopic (exact) mass is 524 g/mol. The van der Waals surface area contributed by atoms with Crippen LogP contribution in [0.5, 0.6) is 0 Å². The first kappa shape index (κ1) is 27.1. The van der Waals surface area contributed by atoms with Crippen LogP contribution in [0.1, 0.15) is 58.6 Å². The predicted octanol–water partition coefficient (Wildman–Crippen LogP) is 3.62. The second-order valence-corrected chi connectivity index (χ2v) is 8.81. The molecule has 0 heterocycles. The van der Waals surface area contributed by atoms with E-state index in [1.807, 2.05) is 45.0 Å². The Morgan fingerprint density at radius 3 is 2.18 bits per heavy atom. The summed E-state index contributed by atoms with van der Waals surface area (Å²) in [6, 6.07) is 7.46. The quantitative estimate of drug-likeness (QED) is 0.235. The second-order valence-electron chi connectivity index (χ2n) is 7.06. The van der Waals surface area contributed by atoms with Gasteiger partial charge in [-0.3, -0.25) is 0 Å². The van der Waals surface area contributed by atoms with Crippen LogP contribution in [0.4, 0.5) is 0 Å². The summed E-state index contributed by atoms with van der Waals surface area (Å²) in [6.07, 6.45) is 2.26. The maximum absolute atomic E-state index is 12.3. The lowest BCUT2D eigenvalue weighted by atomic mass is 10.0. The molecule has 1 aromatic rings. The number of hydrogen-bond donors (Lipinski definition) is 3. The summed E-state index contributed by atoms with van der Waals surface area (Å²) in [6.45, 7) is 12.2. The number of sulfonamides is 1. The van der Waals surface area contributed by atoms with E-state index >= 15 is 0 Å². The fourth-order valence-corrected chi connectivity index (χ4v) is 4.28. The molecule has 0 atom stereocenters. The van der Waals surface area contributed by atoms with Crippen LogP contribution in [0.2, 0.25) is 0 Å². The van der Waals surface area contributed by atoms with Crippen LogP contribution in [0, 0.1) is 5.92 Å². The molecule has 0 aromatic heterocycles. The first-order valence-electron chi connectivity index (χ1n) is 9.90. The zero-order valence-electron chi connectivity index (χ0n) is 17.8. The van der Waals surface area contributed by atoms with E-state index in [2.05, 4.69) is 34.2 Å².